The Morgan fingerprint density at radius 2 is 1.96 bits per heavy atom. The molecule has 2 aliphatic heterocycles. The van der Waals surface area contributed by atoms with Crippen molar-refractivity contribution in [1.29, 1.82) is 0 Å². The molecule has 0 amide bonds. The Labute approximate surface area is 167 Å². The summed E-state index contributed by atoms with van der Waals surface area (Å²) in [6, 6.07) is 0. The van der Waals surface area contributed by atoms with Crippen molar-refractivity contribution in [1.82, 2.24) is 15.0 Å². The summed E-state index contributed by atoms with van der Waals surface area (Å²) in [6.07, 6.45) is 2.42. The van der Waals surface area contributed by atoms with Crippen molar-refractivity contribution < 1.29 is 14.2 Å². The van der Waals surface area contributed by atoms with Gasteiger partial charge < -0.3 is 19.1 Å². The zero-order valence-electron chi connectivity index (χ0n) is 16.4. The van der Waals surface area contributed by atoms with Gasteiger partial charge in [0.2, 0.25) is 5.88 Å². The van der Waals surface area contributed by atoms with Crippen molar-refractivity contribution in [3.05, 3.63) is 17.5 Å². The Kier molecular flexibility index (Phi) is 4.37. The van der Waals surface area contributed by atoms with Gasteiger partial charge >= 0.3 is 0 Å². The summed E-state index contributed by atoms with van der Waals surface area (Å²) >= 11 is 1.69. The van der Waals surface area contributed by atoms with Crippen molar-refractivity contribution in [2.75, 3.05) is 37.8 Å². The fourth-order valence-electron chi connectivity index (χ4n) is 3.99. The number of ether oxygens (including phenoxy) is 3. The summed E-state index contributed by atoms with van der Waals surface area (Å²) in [5.41, 5.74) is 4.15. The SMILES string of the molecule is CCOc1ncnc2c1sc1c3c(c(N4CCOCC4)nc12)COC(C)(C)C3. The second kappa shape index (κ2) is 6.79. The van der Waals surface area contributed by atoms with Gasteiger partial charge in [-0.25, -0.2) is 15.0 Å². The second-order valence-electron chi connectivity index (χ2n) is 7.79. The van der Waals surface area contributed by atoms with E-state index >= 15 is 0 Å². The summed E-state index contributed by atoms with van der Waals surface area (Å²) in [4.78, 5) is 16.3. The maximum atomic E-state index is 6.16. The van der Waals surface area contributed by atoms with Gasteiger partial charge in [0.05, 0.1) is 36.7 Å². The van der Waals surface area contributed by atoms with Crippen LogP contribution >= 0.6 is 11.3 Å². The molecule has 0 N–H and O–H groups in total. The lowest BCUT2D eigenvalue weighted by Gasteiger charge is -2.36. The van der Waals surface area contributed by atoms with Crippen molar-refractivity contribution in [2.45, 2.75) is 39.4 Å². The monoisotopic (exact) mass is 400 g/mol. The molecule has 1 fully saturated rings. The predicted molar refractivity (Wildman–Crippen MR) is 109 cm³/mol. The van der Waals surface area contributed by atoms with E-state index in [-0.39, 0.29) is 5.60 Å². The van der Waals surface area contributed by atoms with Gasteiger partial charge in [0.25, 0.3) is 0 Å². The van der Waals surface area contributed by atoms with Crippen LogP contribution in [0.3, 0.4) is 0 Å². The molecule has 148 valence electrons. The summed E-state index contributed by atoms with van der Waals surface area (Å²) in [7, 11) is 0. The maximum Gasteiger partial charge on any atom is 0.234 e. The number of nitrogens with zero attached hydrogens (tertiary/aromatic N) is 4. The van der Waals surface area contributed by atoms with Crippen molar-refractivity contribution in [2.24, 2.45) is 0 Å². The first-order valence-electron chi connectivity index (χ1n) is 9.76. The van der Waals surface area contributed by atoms with Crippen LogP contribution in [-0.2, 0) is 22.5 Å². The molecule has 0 aliphatic carbocycles. The average molecular weight is 401 g/mol. The summed E-state index contributed by atoms with van der Waals surface area (Å²) < 4.78 is 19.6. The first-order chi connectivity index (χ1) is 13.6. The van der Waals surface area contributed by atoms with Gasteiger partial charge in [0, 0.05) is 25.1 Å². The summed E-state index contributed by atoms with van der Waals surface area (Å²) in [5, 5.41) is 0. The third-order valence-corrected chi connectivity index (χ3v) is 6.56. The molecule has 3 aromatic rings. The minimum atomic E-state index is -0.200. The van der Waals surface area contributed by atoms with Crippen LogP contribution in [0.4, 0.5) is 5.82 Å². The van der Waals surface area contributed by atoms with Crippen LogP contribution in [0.15, 0.2) is 6.33 Å². The number of hydrogen-bond acceptors (Lipinski definition) is 8. The lowest BCUT2D eigenvalue weighted by atomic mass is 9.91. The molecule has 7 nitrogen and oxygen atoms in total. The van der Waals surface area contributed by atoms with Gasteiger partial charge in [-0.05, 0) is 26.3 Å². The molecule has 2 aliphatic rings. The van der Waals surface area contributed by atoms with E-state index < -0.39 is 0 Å². The van der Waals surface area contributed by atoms with Crippen LogP contribution in [0.1, 0.15) is 31.9 Å². The van der Waals surface area contributed by atoms with Gasteiger partial charge in [0.1, 0.15) is 27.9 Å². The molecule has 0 atom stereocenters. The smallest absolute Gasteiger partial charge is 0.234 e. The second-order valence-corrected chi connectivity index (χ2v) is 8.81. The van der Waals surface area contributed by atoms with Gasteiger partial charge in [-0.2, -0.15) is 0 Å². The normalized spacial score (nSPS) is 19.2. The number of hydrogen-bond donors (Lipinski definition) is 0. The number of fused-ring (bicyclic) bond motifs is 5. The van der Waals surface area contributed by atoms with Gasteiger partial charge in [-0.3, -0.25) is 0 Å². The highest BCUT2D eigenvalue weighted by Crippen LogP contribution is 2.44. The van der Waals surface area contributed by atoms with E-state index in [9.17, 15) is 0 Å². The molecular weight excluding hydrogens is 376 g/mol. The number of anilines is 1. The van der Waals surface area contributed by atoms with Gasteiger partial charge in [0.15, 0.2) is 0 Å². The zero-order chi connectivity index (χ0) is 19.3. The quantitative estimate of drug-likeness (QED) is 0.668. The number of rotatable bonds is 3. The van der Waals surface area contributed by atoms with Crippen molar-refractivity contribution in [3.63, 3.8) is 0 Å². The van der Waals surface area contributed by atoms with Crippen LogP contribution in [0.5, 0.6) is 5.88 Å². The highest BCUT2D eigenvalue weighted by molar-refractivity contribution is 7.26. The lowest BCUT2D eigenvalue weighted by molar-refractivity contribution is -0.0395. The molecule has 8 heteroatoms. The standard InChI is InChI=1S/C20H24N4O3S/c1-4-26-19-17-14(21-11-22-19)15-16(28-17)12-9-20(2,3)27-10-13(12)18(23-15)24-5-7-25-8-6-24/h11H,4-10H2,1-3H3. The minimum absolute atomic E-state index is 0.200. The fourth-order valence-corrected chi connectivity index (χ4v) is 5.20. The average Bonchev–Trinajstić information content (AvgIpc) is 3.08. The molecule has 0 aromatic carbocycles. The molecule has 1 saturated heterocycles. The molecule has 0 spiro atoms. The Morgan fingerprint density at radius 1 is 1.14 bits per heavy atom. The Morgan fingerprint density at radius 3 is 2.75 bits per heavy atom. The van der Waals surface area contributed by atoms with E-state index in [4.69, 9.17) is 19.2 Å². The maximum absolute atomic E-state index is 6.16. The Hall–Kier alpha value is -2.03. The summed E-state index contributed by atoms with van der Waals surface area (Å²) in [6.45, 7) is 10.6. The molecule has 0 unspecified atom stereocenters. The highest BCUT2D eigenvalue weighted by Gasteiger charge is 2.33. The minimum Gasteiger partial charge on any atom is -0.477 e. The highest BCUT2D eigenvalue weighted by atomic mass is 32.1. The number of aromatic nitrogens is 3. The largest absolute Gasteiger partial charge is 0.477 e. The molecule has 0 bridgehead atoms. The molecule has 0 saturated carbocycles. The van der Waals surface area contributed by atoms with Crippen LogP contribution in [-0.4, -0.2) is 53.5 Å². The van der Waals surface area contributed by atoms with E-state index in [2.05, 4.69) is 28.7 Å². The van der Waals surface area contributed by atoms with Crippen molar-refractivity contribution in [3.8, 4) is 5.88 Å². The van der Waals surface area contributed by atoms with Crippen LogP contribution in [0, 0.1) is 0 Å². The van der Waals surface area contributed by atoms with Crippen LogP contribution < -0.4 is 9.64 Å². The van der Waals surface area contributed by atoms with E-state index in [0.717, 1.165) is 54.3 Å². The van der Waals surface area contributed by atoms with Gasteiger partial charge in [-0.15, -0.1) is 11.3 Å². The molecule has 3 aromatic heterocycles. The third-order valence-electron chi connectivity index (χ3n) is 5.34. The van der Waals surface area contributed by atoms with E-state index in [1.165, 1.54) is 15.8 Å². The lowest BCUT2D eigenvalue weighted by Crippen LogP contribution is -2.39. The topological polar surface area (TPSA) is 69.6 Å². The first kappa shape index (κ1) is 18.0. The Bertz CT molecular complexity index is 1040. The van der Waals surface area contributed by atoms with E-state index in [0.29, 0.717) is 19.1 Å². The van der Waals surface area contributed by atoms with E-state index in [1.807, 2.05) is 6.92 Å². The number of morpholine rings is 1. The Balaban J connectivity index is 1.79. The van der Waals surface area contributed by atoms with Crippen LogP contribution in [0.2, 0.25) is 0 Å². The third kappa shape index (κ3) is 2.91. The molecule has 5 heterocycles. The number of pyridine rings is 1. The predicted octanol–water partition coefficient (Wildman–Crippen LogP) is 3.33. The molecule has 0 radical (unpaired) electrons. The summed E-state index contributed by atoms with van der Waals surface area (Å²) in [5.74, 6) is 1.65. The van der Waals surface area contributed by atoms with E-state index in [1.54, 1.807) is 17.7 Å². The fraction of sp³-hybridized carbons (Fsp3) is 0.550. The molecular formula is C20H24N4O3S. The van der Waals surface area contributed by atoms with Crippen LogP contribution in [0.25, 0.3) is 20.4 Å². The zero-order valence-corrected chi connectivity index (χ0v) is 17.3. The first-order valence-corrected chi connectivity index (χ1v) is 10.6. The number of thiophene rings is 1. The molecule has 5 rings (SSSR count). The van der Waals surface area contributed by atoms with Gasteiger partial charge in [-0.1, -0.05) is 0 Å². The molecule has 28 heavy (non-hydrogen) atoms. The van der Waals surface area contributed by atoms with Crippen molar-refractivity contribution >= 4 is 37.6 Å².